The normalized spacial score (nSPS) is 11.0. The molecule has 6 nitrogen and oxygen atoms in total. The van der Waals surface area contributed by atoms with Gasteiger partial charge in [-0.15, -0.1) is 22.7 Å². The molecule has 2 heterocycles. The third-order valence-electron chi connectivity index (χ3n) is 3.56. The molecule has 0 radical (unpaired) electrons. The van der Waals surface area contributed by atoms with E-state index in [4.69, 9.17) is 10.5 Å². The Morgan fingerprint density at radius 1 is 1.33 bits per heavy atom. The fourth-order valence-electron chi connectivity index (χ4n) is 2.38. The van der Waals surface area contributed by atoms with E-state index in [1.165, 1.54) is 11.3 Å². The van der Waals surface area contributed by atoms with Gasteiger partial charge in [-0.1, -0.05) is 11.8 Å². The molecule has 0 fully saturated rings. The maximum atomic E-state index is 11.5. The monoisotopic (exact) mass is 420 g/mol. The summed E-state index contributed by atoms with van der Waals surface area (Å²) < 4.78 is 6.85. The van der Waals surface area contributed by atoms with E-state index in [0.717, 1.165) is 20.6 Å². The third kappa shape index (κ3) is 4.60. The number of benzene rings is 1. The average Bonchev–Trinajstić information content (AvgIpc) is 3.22. The summed E-state index contributed by atoms with van der Waals surface area (Å²) in [5, 5.41) is 5.96. The Hall–Kier alpha value is -2.10. The molecule has 0 bridgehead atoms. The molecule has 3 aromatic rings. The van der Waals surface area contributed by atoms with Crippen molar-refractivity contribution in [1.82, 2.24) is 9.97 Å². The molecule has 27 heavy (non-hydrogen) atoms. The molecule has 0 unspecified atom stereocenters. The molecule has 0 spiro atoms. The number of hydrogen-bond acceptors (Lipinski definition) is 8. The highest BCUT2D eigenvalue weighted by atomic mass is 32.2. The van der Waals surface area contributed by atoms with Gasteiger partial charge in [0, 0.05) is 10.9 Å². The molecule has 0 saturated carbocycles. The van der Waals surface area contributed by atoms with E-state index < -0.39 is 5.91 Å². The first kappa shape index (κ1) is 19.7. The minimum absolute atomic E-state index is 0.00152. The van der Waals surface area contributed by atoms with Crippen LogP contribution >= 0.6 is 34.4 Å². The molecule has 0 saturated heterocycles. The van der Waals surface area contributed by atoms with Crippen molar-refractivity contribution in [3.63, 3.8) is 0 Å². The van der Waals surface area contributed by atoms with Crippen molar-refractivity contribution in [1.29, 1.82) is 0 Å². The Balaban J connectivity index is 1.90. The Bertz CT molecular complexity index is 965. The number of primary amides is 1. The molecule has 0 aliphatic carbocycles. The van der Waals surface area contributed by atoms with Crippen molar-refractivity contribution in [2.24, 2.45) is 5.73 Å². The Morgan fingerprint density at radius 2 is 2.11 bits per heavy atom. The second kappa shape index (κ2) is 8.28. The number of nitrogens with zero attached hydrogens (tertiary/aromatic N) is 2. The molecule has 0 aliphatic heterocycles. The lowest BCUT2D eigenvalue weighted by molar-refractivity contribution is 0.100. The molecule has 3 N–H and O–H groups in total. The van der Waals surface area contributed by atoms with Gasteiger partial charge in [0.15, 0.2) is 9.47 Å². The maximum Gasteiger partial charge on any atom is 0.248 e. The number of anilines is 2. The predicted octanol–water partition coefficient (Wildman–Crippen LogP) is 4.93. The number of aromatic nitrogens is 2. The summed E-state index contributed by atoms with van der Waals surface area (Å²) in [4.78, 5) is 21.8. The number of thiazole rings is 2. The second-order valence-electron chi connectivity index (χ2n) is 6.00. The van der Waals surface area contributed by atoms with E-state index in [1.54, 1.807) is 41.3 Å². The van der Waals surface area contributed by atoms with Gasteiger partial charge >= 0.3 is 0 Å². The topological polar surface area (TPSA) is 90.1 Å². The van der Waals surface area contributed by atoms with E-state index >= 15 is 0 Å². The molecule has 3 rings (SSSR count). The van der Waals surface area contributed by atoms with Gasteiger partial charge in [-0.05, 0) is 45.2 Å². The van der Waals surface area contributed by atoms with Gasteiger partial charge in [0.1, 0.15) is 5.75 Å². The SMILES string of the molecule is CSc1nc(C)c(-c2csc(Nc3cc(C(N)=O)ccc3OC(C)C)n2)s1. The van der Waals surface area contributed by atoms with Gasteiger partial charge in [0.2, 0.25) is 5.91 Å². The number of thioether (sulfide) groups is 1. The summed E-state index contributed by atoms with van der Waals surface area (Å²) in [6.07, 6.45) is 2.01. The highest BCUT2D eigenvalue weighted by molar-refractivity contribution is 8.00. The molecular formula is C18H20N4O2S3. The van der Waals surface area contributed by atoms with Crippen LogP contribution in [0.5, 0.6) is 5.75 Å². The van der Waals surface area contributed by atoms with Crippen LogP contribution in [0.2, 0.25) is 0 Å². The van der Waals surface area contributed by atoms with E-state index in [9.17, 15) is 4.79 Å². The fraction of sp³-hybridized carbons (Fsp3) is 0.278. The summed E-state index contributed by atoms with van der Waals surface area (Å²) in [6, 6.07) is 5.09. The van der Waals surface area contributed by atoms with Crippen molar-refractivity contribution in [2.75, 3.05) is 11.6 Å². The first-order valence-electron chi connectivity index (χ1n) is 8.22. The number of amides is 1. The van der Waals surface area contributed by atoms with Crippen LogP contribution in [0.3, 0.4) is 0 Å². The van der Waals surface area contributed by atoms with Crippen LogP contribution in [0.4, 0.5) is 10.8 Å². The fourth-order valence-corrected chi connectivity index (χ4v) is 4.74. The molecule has 2 aromatic heterocycles. The Labute approximate surface area is 170 Å². The van der Waals surface area contributed by atoms with Crippen molar-refractivity contribution in [3.05, 3.63) is 34.8 Å². The molecule has 0 atom stereocenters. The van der Waals surface area contributed by atoms with E-state index in [-0.39, 0.29) is 6.10 Å². The number of aryl methyl sites for hydroxylation is 1. The largest absolute Gasteiger partial charge is 0.489 e. The van der Waals surface area contributed by atoms with Gasteiger partial charge in [0.25, 0.3) is 0 Å². The van der Waals surface area contributed by atoms with Gasteiger partial charge in [-0.2, -0.15) is 0 Å². The standard InChI is InChI=1S/C18H20N4O2S3/c1-9(2)24-14-6-5-11(16(19)23)7-12(14)21-17-22-13(8-26-17)15-10(3)20-18(25-4)27-15/h5-9H,1-4H3,(H2,19,23)(H,21,22). The van der Waals surface area contributed by atoms with Crippen LogP contribution in [-0.4, -0.2) is 28.2 Å². The number of carbonyl (C=O) groups is 1. The zero-order valence-corrected chi connectivity index (χ0v) is 17.8. The molecule has 9 heteroatoms. The minimum Gasteiger partial charge on any atom is -0.489 e. The summed E-state index contributed by atoms with van der Waals surface area (Å²) in [6.45, 7) is 5.88. The smallest absolute Gasteiger partial charge is 0.248 e. The van der Waals surface area contributed by atoms with Gasteiger partial charge < -0.3 is 15.8 Å². The highest BCUT2D eigenvalue weighted by Gasteiger charge is 2.15. The van der Waals surface area contributed by atoms with Crippen LogP contribution in [0.15, 0.2) is 27.9 Å². The Morgan fingerprint density at radius 3 is 2.74 bits per heavy atom. The Kier molecular flexibility index (Phi) is 6.03. The summed E-state index contributed by atoms with van der Waals surface area (Å²) in [5.41, 5.74) is 8.34. The summed E-state index contributed by atoms with van der Waals surface area (Å²) in [7, 11) is 0. The number of carbonyl (C=O) groups excluding carboxylic acids is 1. The zero-order valence-electron chi connectivity index (χ0n) is 15.4. The maximum absolute atomic E-state index is 11.5. The van der Waals surface area contributed by atoms with Crippen LogP contribution < -0.4 is 15.8 Å². The van der Waals surface area contributed by atoms with Crippen LogP contribution in [0.1, 0.15) is 29.9 Å². The van der Waals surface area contributed by atoms with Crippen molar-refractivity contribution >= 4 is 51.2 Å². The molecule has 1 aromatic carbocycles. The summed E-state index contributed by atoms with van der Waals surface area (Å²) in [5.74, 6) is 0.157. The predicted molar refractivity (Wildman–Crippen MR) is 114 cm³/mol. The number of nitrogens with one attached hydrogen (secondary N) is 1. The number of ether oxygens (including phenoxy) is 1. The molecule has 0 aliphatic rings. The average molecular weight is 421 g/mol. The lowest BCUT2D eigenvalue weighted by atomic mass is 10.1. The van der Waals surface area contributed by atoms with Crippen molar-refractivity contribution in [3.8, 4) is 16.3 Å². The third-order valence-corrected chi connectivity index (χ3v) is 6.48. The first-order valence-corrected chi connectivity index (χ1v) is 11.1. The zero-order chi connectivity index (χ0) is 19.6. The minimum atomic E-state index is -0.487. The highest BCUT2D eigenvalue weighted by Crippen LogP contribution is 2.37. The second-order valence-corrected chi connectivity index (χ2v) is 8.91. The van der Waals surface area contributed by atoms with Crippen LogP contribution in [0, 0.1) is 6.92 Å². The van der Waals surface area contributed by atoms with Crippen molar-refractivity contribution in [2.45, 2.75) is 31.2 Å². The number of hydrogen-bond donors (Lipinski definition) is 2. The quantitative estimate of drug-likeness (QED) is 0.527. The molecule has 142 valence electrons. The molecular weight excluding hydrogens is 400 g/mol. The molecule has 1 amide bonds. The lowest BCUT2D eigenvalue weighted by Crippen LogP contribution is -2.12. The van der Waals surface area contributed by atoms with E-state index in [0.29, 0.717) is 22.1 Å². The van der Waals surface area contributed by atoms with E-state index in [1.807, 2.05) is 32.4 Å². The van der Waals surface area contributed by atoms with Crippen LogP contribution in [-0.2, 0) is 0 Å². The number of rotatable bonds is 7. The number of nitrogens with two attached hydrogens (primary N) is 1. The van der Waals surface area contributed by atoms with E-state index in [2.05, 4.69) is 15.3 Å². The van der Waals surface area contributed by atoms with Crippen LogP contribution in [0.25, 0.3) is 10.6 Å². The summed E-state index contributed by atoms with van der Waals surface area (Å²) >= 11 is 4.74. The lowest BCUT2D eigenvalue weighted by Gasteiger charge is -2.15. The van der Waals surface area contributed by atoms with Crippen molar-refractivity contribution < 1.29 is 9.53 Å². The first-order chi connectivity index (χ1) is 12.9. The van der Waals surface area contributed by atoms with Gasteiger partial charge in [-0.3, -0.25) is 4.79 Å². The van der Waals surface area contributed by atoms with Gasteiger partial charge in [-0.25, -0.2) is 9.97 Å². The van der Waals surface area contributed by atoms with Gasteiger partial charge in [0.05, 0.1) is 28.1 Å².